The largest absolute Gasteiger partial charge is 0.465 e. The number of rotatable bonds is 5. The molecule has 24 heavy (non-hydrogen) atoms. The van der Waals surface area contributed by atoms with Crippen molar-refractivity contribution in [1.82, 2.24) is 10.2 Å². The Hall–Kier alpha value is -1.18. The van der Waals surface area contributed by atoms with Gasteiger partial charge in [-0.2, -0.15) is 0 Å². The summed E-state index contributed by atoms with van der Waals surface area (Å²) in [5.41, 5.74) is 0.554. The molecule has 0 bridgehead atoms. The number of thiocarbonyl (C=S) groups is 1. The maximum atomic E-state index is 11.9. The van der Waals surface area contributed by atoms with Gasteiger partial charge in [-0.3, -0.25) is 0 Å². The minimum Gasteiger partial charge on any atom is -0.465 e. The van der Waals surface area contributed by atoms with Gasteiger partial charge in [-0.05, 0) is 51.4 Å². The number of nitrogens with one attached hydrogen (secondary N) is 2. The molecule has 0 unspecified atom stereocenters. The number of carbonyl (C=O) groups excluding carboxylic acids is 1. The molecule has 7 heteroatoms. The van der Waals surface area contributed by atoms with E-state index in [-0.39, 0.29) is 5.97 Å². The van der Waals surface area contributed by atoms with Crippen LogP contribution in [0.4, 0.5) is 5.00 Å². The van der Waals surface area contributed by atoms with Crippen molar-refractivity contribution in [3.63, 3.8) is 0 Å². The molecule has 1 aromatic heterocycles. The summed E-state index contributed by atoms with van der Waals surface area (Å²) in [5, 5.41) is 7.91. The van der Waals surface area contributed by atoms with Crippen LogP contribution in [0.25, 0.3) is 0 Å². The number of anilines is 1. The lowest BCUT2D eigenvalue weighted by Crippen LogP contribution is -2.47. The Labute approximate surface area is 153 Å². The molecule has 0 aromatic carbocycles. The highest BCUT2D eigenvalue weighted by Crippen LogP contribution is 2.29. The summed E-state index contributed by atoms with van der Waals surface area (Å²) >= 11 is 6.99. The summed E-state index contributed by atoms with van der Waals surface area (Å²) in [5.74, 6) is -0.332. The predicted octanol–water partition coefficient (Wildman–Crippen LogP) is 3.26. The Balaban J connectivity index is 1.93. The number of hydrogen-bond acceptors (Lipinski definition) is 5. The van der Waals surface area contributed by atoms with Crippen molar-refractivity contribution in [3.8, 4) is 0 Å². The number of nitrogens with zero attached hydrogens (tertiary/aromatic N) is 1. The molecule has 0 amide bonds. The number of hydrogen-bond donors (Lipinski definition) is 2. The molecule has 1 aromatic rings. The lowest BCUT2D eigenvalue weighted by molar-refractivity contribution is 0.0602. The average molecular weight is 370 g/mol. The molecule has 2 N–H and O–H groups in total. The van der Waals surface area contributed by atoms with Crippen molar-refractivity contribution in [2.75, 3.05) is 25.5 Å². The topological polar surface area (TPSA) is 53.6 Å². The van der Waals surface area contributed by atoms with Crippen molar-refractivity contribution >= 4 is 39.6 Å². The Morgan fingerprint density at radius 2 is 2.12 bits per heavy atom. The third kappa shape index (κ3) is 4.91. The van der Waals surface area contributed by atoms with Crippen molar-refractivity contribution in [2.24, 2.45) is 0 Å². The molecule has 2 heterocycles. The second-order valence-electron chi connectivity index (χ2n) is 6.30. The normalized spacial score (nSPS) is 16.2. The minimum atomic E-state index is -0.332. The molecule has 1 fully saturated rings. The summed E-state index contributed by atoms with van der Waals surface area (Å²) in [6.07, 6.45) is 3.03. The van der Waals surface area contributed by atoms with E-state index >= 15 is 0 Å². The number of thiophene rings is 1. The first-order chi connectivity index (χ1) is 11.4. The SMILES string of the molecule is CCc1cc(C(=O)OC)c(NC(=S)NC2CCN(C(C)C)CC2)s1. The number of ether oxygens (including phenoxy) is 1. The fraction of sp³-hybridized carbons (Fsp3) is 0.647. The van der Waals surface area contributed by atoms with E-state index in [4.69, 9.17) is 17.0 Å². The van der Waals surface area contributed by atoms with Crippen molar-refractivity contribution in [2.45, 2.75) is 52.1 Å². The smallest absolute Gasteiger partial charge is 0.340 e. The maximum absolute atomic E-state index is 11.9. The van der Waals surface area contributed by atoms with Gasteiger partial charge in [0.15, 0.2) is 5.11 Å². The van der Waals surface area contributed by atoms with E-state index < -0.39 is 0 Å². The van der Waals surface area contributed by atoms with Crippen molar-refractivity contribution in [1.29, 1.82) is 0 Å². The van der Waals surface area contributed by atoms with Gasteiger partial charge in [0.25, 0.3) is 0 Å². The number of esters is 1. The molecule has 134 valence electrons. The second kappa shape index (κ2) is 8.78. The second-order valence-corrected chi connectivity index (χ2v) is 7.85. The van der Waals surface area contributed by atoms with Crippen LogP contribution in [-0.2, 0) is 11.2 Å². The number of aryl methyl sites for hydroxylation is 1. The van der Waals surface area contributed by atoms with E-state index in [1.807, 2.05) is 6.07 Å². The first-order valence-corrected chi connectivity index (χ1v) is 9.69. The minimum absolute atomic E-state index is 0.332. The van der Waals surface area contributed by atoms with Crippen LogP contribution in [0.1, 0.15) is 48.8 Å². The van der Waals surface area contributed by atoms with Gasteiger partial charge in [0, 0.05) is 30.1 Å². The van der Waals surface area contributed by atoms with Gasteiger partial charge in [0.1, 0.15) is 5.00 Å². The lowest BCUT2D eigenvalue weighted by atomic mass is 10.0. The van der Waals surface area contributed by atoms with E-state index in [0.29, 0.717) is 22.8 Å². The molecule has 1 aliphatic heterocycles. The summed E-state index contributed by atoms with van der Waals surface area (Å²) in [6.45, 7) is 8.71. The van der Waals surface area contributed by atoms with E-state index in [9.17, 15) is 4.79 Å². The Kier molecular flexibility index (Phi) is 7.01. The fourth-order valence-electron chi connectivity index (χ4n) is 2.86. The zero-order chi connectivity index (χ0) is 17.7. The quantitative estimate of drug-likeness (QED) is 0.614. The van der Waals surface area contributed by atoms with Gasteiger partial charge in [0.05, 0.1) is 12.7 Å². The van der Waals surface area contributed by atoms with E-state index in [1.54, 1.807) is 11.3 Å². The van der Waals surface area contributed by atoms with Gasteiger partial charge < -0.3 is 20.3 Å². The number of carbonyl (C=O) groups is 1. The maximum Gasteiger partial charge on any atom is 0.340 e. The third-order valence-electron chi connectivity index (χ3n) is 4.36. The average Bonchev–Trinajstić information content (AvgIpc) is 2.97. The molecule has 1 aliphatic rings. The molecule has 5 nitrogen and oxygen atoms in total. The van der Waals surface area contributed by atoms with Crippen LogP contribution in [0, 0.1) is 0 Å². The van der Waals surface area contributed by atoms with Crippen molar-refractivity contribution < 1.29 is 9.53 Å². The Morgan fingerprint density at radius 1 is 1.46 bits per heavy atom. The molecule has 0 saturated carbocycles. The van der Waals surface area contributed by atoms with E-state index in [1.165, 1.54) is 7.11 Å². The van der Waals surface area contributed by atoms with Crippen LogP contribution in [0.2, 0.25) is 0 Å². The van der Waals surface area contributed by atoms with Crippen LogP contribution in [0.15, 0.2) is 6.07 Å². The standard InChI is InChI=1S/C17H27N3O2S2/c1-5-13-10-14(16(21)22-4)15(24-13)19-17(23)18-12-6-8-20(9-7-12)11(2)3/h10-12H,5-9H2,1-4H3,(H2,18,19,23). The van der Waals surface area contributed by atoms with Gasteiger partial charge in [-0.1, -0.05) is 6.92 Å². The van der Waals surface area contributed by atoms with Crippen LogP contribution >= 0.6 is 23.6 Å². The zero-order valence-corrected chi connectivity index (χ0v) is 16.5. The molecular weight excluding hydrogens is 342 g/mol. The zero-order valence-electron chi connectivity index (χ0n) is 14.8. The summed E-state index contributed by atoms with van der Waals surface area (Å²) in [6, 6.07) is 2.85. The molecular formula is C17H27N3O2S2. The Morgan fingerprint density at radius 3 is 2.67 bits per heavy atom. The van der Waals surface area contributed by atoms with Gasteiger partial charge in [-0.15, -0.1) is 11.3 Å². The highest BCUT2D eigenvalue weighted by atomic mass is 32.1. The highest BCUT2D eigenvalue weighted by molar-refractivity contribution is 7.80. The van der Waals surface area contributed by atoms with Crippen molar-refractivity contribution in [3.05, 3.63) is 16.5 Å². The molecule has 0 atom stereocenters. The van der Waals surface area contributed by atoms with Crippen LogP contribution < -0.4 is 10.6 Å². The highest BCUT2D eigenvalue weighted by Gasteiger charge is 2.22. The molecule has 0 spiro atoms. The summed E-state index contributed by atoms with van der Waals surface area (Å²) in [4.78, 5) is 15.5. The van der Waals surface area contributed by atoms with Crippen LogP contribution in [0.3, 0.4) is 0 Å². The first kappa shape index (κ1) is 19.1. The third-order valence-corrected chi connectivity index (χ3v) is 5.77. The number of likely N-dealkylation sites (tertiary alicyclic amines) is 1. The summed E-state index contributed by atoms with van der Waals surface area (Å²) < 4.78 is 4.86. The number of methoxy groups -OCH3 is 1. The molecule has 2 rings (SSSR count). The van der Waals surface area contributed by atoms with Gasteiger partial charge >= 0.3 is 5.97 Å². The fourth-order valence-corrected chi connectivity index (χ4v) is 4.18. The lowest BCUT2D eigenvalue weighted by Gasteiger charge is -2.35. The van der Waals surface area contributed by atoms with E-state index in [0.717, 1.165) is 42.2 Å². The van der Waals surface area contributed by atoms with Crippen LogP contribution in [0.5, 0.6) is 0 Å². The molecule has 1 saturated heterocycles. The first-order valence-electron chi connectivity index (χ1n) is 8.47. The monoisotopic (exact) mass is 369 g/mol. The predicted molar refractivity (Wildman–Crippen MR) is 104 cm³/mol. The Bertz CT molecular complexity index is 578. The van der Waals surface area contributed by atoms with Gasteiger partial charge in [-0.25, -0.2) is 4.79 Å². The van der Waals surface area contributed by atoms with Crippen LogP contribution in [-0.4, -0.2) is 48.3 Å². The van der Waals surface area contributed by atoms with E-state index in [2.05, 4.69) is 36.3 Å². The summed E-state index contributed by atoms with van der Waals surface area (Å²) in [7, 11) is 1.40. The number of piperidine rings is 1. The molecule has 0 radical (unpaired) electrons. The van der Waals surface area contributed by atoms with Gasteiger partial charge in [0.2, 0.25) is 0 Å². The molecule has 0 aliphatic carbocycles.